The monoisotopic (exact) mass is 566 g/mol. The van der Waals surface area contributed by atoms with Crippen molar-refractivity contribution in [2.24, 2.45) is 0 Å². The van der Waals surface area contributed by atoms with Crippen molar-refractivity contribution in [1.29, 1.82) is 5.26 Å². The van der Waals surface area contributed by atoms with Crippen LogP contribution in [0.3, 0.4) is 0 Å². The fourth-order valence-electron chi connectivity index (χ4n) is 3.22. The summed E-state index contributed by atoms with van der Waals surface area (Å²) < 4.78 is 11.3. The SMILES string of the molecule is CCc1ccc(NC(=O)/C(C#N)=C/c2cc(Br)c(Oc3ccc([N+](=O)[O-])cc3[N+](=O)[O-])c(OC)c2)cc1. The van der Waals surface area contributed by atoms with Crippen molar-refractivity contribution >= 4 is 45.0 Å². The number of aryl methyl sites for hydroxylation is 1. The van der Waals surface area contributed by atoms with Gasteiger partial charge in [0.2, 0.25) is 5.75 Å². The largest absolute Gasteiger partial charge is 0.493 e. The van der Waals surface area contributed by atoms with Crippen molar-refractivity contribution in [3.05, 3.63) is 96.0 Å². The minimum Gasteiger partial charge on any atom is -0.493 e. The number of anilines is 1. The van der Waals surface area contributed by atoms with E-state index in [0.717, 1.165) is 30.2 Å². The van der Waals surface area contributed by atoms with Gasteiger partial charge in [0.15, 0.2) is 11.5 Å². The first-order valence-electron chi connectivity index (χ1n) is 10.7. The topological polar surface area (TPSA) is 158 Å². The molecule has 1 amide bonds. The Morgan fingerprint density at radius 2 is 1.78 bits per heavy atom. The van der Waals surface area contributed by atoms with E-state index >= 15 is 0 Å². The maximum Gasteiger partial charge on any atom is 0.318 e. The molecule has 3 rings (SSSR count). The zero-order valence-corrected chi connectivity index (χ0v) is 21.1. The number of hydrogen-bond donors (Lipinski definition) is 1. The number of methoxy groups -OCH3 is 1. The summed E-state index contributed by atoms with van der Waals surface area (Å²) >= 11 is 3.32. The molecule has 0 aromatic heterocycles. The van der Waals surface area contributed by atoms with Gasteiger partial charge in [0.05, 0.1) is 27.5 Å². The molecule has 0 aliphatic rings. The third kappa shape index (κ3) is 6.47. The van der Waals surface area contributed by atoms with Gasteiger partial charge in [-0.2, -0.15) is 5.26 Å². The standard InChI is InChI=1S/C25H19BrN4O7/c1-3-15-4-6-18(7-5-15)28-25(31)17(14-27)10-16-11-20(26)24(23(12-16)36-2)37-22-9-8-19(29(32)33)13-21(22)30(34)35/h4-13H,3H2,1-2H3,(H,28,31)/b17-10+. The Labute approximate surface area is 219 Å². The Balaban J connectivity index is 1.92. The summed E-state index contributed by atoms with van der Waals surface area (Å²) in [5.41, 5.74) is 0.801. The number of halogens is 1. The molecule has 1 N–H and O–H groups in total. The maximum atomic E-state index is 12.6. The zero-order valence-electron chi connectivity index (χ0n) is 19.6. The summed E-state index contributed by atoms with van der Waals surface area (Å²) in [5.74, 6) is -0.676. The van der Waals surface area contributed by atoms with E-state index in [0.29, 0.717) is 15.7 Å². The fourth-order valence-corrected chi connectivity index (χ4v) is 3.76. The summed E-state index contributed by atoms with van der Waals surface area (Å²) in [5, 5.41) is 34.7. The number of carbonyl (C=O) groups is 1. The minimum absolute atomic E-state index is 0.0515. The highest BCUT2D eigenvalue weighted by Gasteiger charge is 2.23. The molecule has 12 heteroatoms. The van der Waals surface area contributed by atoms with Gasteiger partial charge in [0.25, 0.3) is 11.6 Å². The number of rotatable bonds is 9. The lowest BCUT2D eigenvalue weighted by atomic mass is 10.1. The van der Waals surface area contributed by atoms with Gasteiger partial charge in [0, 0.05) is 11.8 Å². The number of nitrogens with zero attached hydrogens (tertiary/aromatic N) is 3. The number of ether oxygens (including phenoxy) is 2. The second-order valence-electron chi connectivity index (χ2n) is 7.48. The number of nitro benzene ring substituents is 2. The van der Waals surface area contributed by atoms with E-state index in [1.54, 1.807) is 12.1 Å². The van der Waals surface area contributed by atoms with Gasteiger partial charge >= 0.3 is 5.69 Å². The van der Waals surface area contributed by atoms with Gasteiger partial charge in [-0.25, -0.2) is 0 Å². The van der Waals surface area contributed by atoms with Gasteiger partial charge in [0.1, 0.15) is 11.6 Å². The number of nitrogens with one attached hydrogen (secondary N) is 1. The van der Waals surface area contributed by atoms with E-state index < -0.39 is 27.1 Å². The first-order chi connectivity index (χ1) is 17.7. The summed E-state index contributed by atoms with van der Waals surface area (Å²) in [6, 6.07) is 15.1. The van der Waals surface area contributed by atoms with Crippen molar-refractivity contribution in [3.63, 3.8) is 0 Å². The van der Waals surface area contributed by atoms with E-state index in [1.165, 1.54) is 25.3 Å². The van der Waals surface area contributed by atoms with Crippen LogP contribution in [0.5, 0.6) is 17.2 Å². The van der Waals surface area contributed by atoms with Gasteiger partial charge in [-0.1, -0.05) is 19.1 Å². The Bertz CT molecular complexity index is 1450. The molecule has 11 nitrogen and oxygen atoms in total. The molecule has 0 aliphatic heterocycles. The molecule has 0 fully saturated rings. The average molecular weight is 567 g/mol. The lowest BCUT2D eigenvalue weighted by molar-refractivity contribution is -0.394. The minimum atomic E-state index is -0.798. The number of hydrogen-bond acceptors (Lipinski definition) is 8. The molecule has 0 unspecified atom stereocenters. The Hall–Kier alpha value is -4.76. The molecule has 0 heterocycles. The van der Waals surface area contributed by atoms with Gasteiger partial charge in [-0.15, -0.1) is 0 Å². The predicted molar refractivity (Wildman–Crippen MR) is 139 cm³/mol. The maximum absolute atomic E-state index is 12.6. The highest BCUT2D eigenvalue weighted by molar-refractivity contribution is 9.10. The van der Waals surface area contributed by atoms with Crippen molar-refractivity contribution < 1.29 is 24.1 Å². The lowest BCUT2D eigenvalue weighted by Gasteiger charge is -2.13. The number of nitriles is 1. The zero-order chi connectivity index (χ0) is 27.1. The second kappa shape index (κ2) is 11.8. The smallest absolute Gasteiger partial charge is 0.318 e. The van der Waals surface area contributed by atoms with E-state index in [9.17, 15) is 30.3 Å². The first kappa shape index (κ1) is 26.8. The quantitative estimate of drug-likeness (QED) is 0.139. The molecule has 0 saturated heterocycles. The third-order valence-electron chi connectivity index (χ3n) is 5.11. The van der Waals surface area contributed by atoms with Crippen molar-refractivity contribution in [1.82, 2.24) is 0 Å². The van der Waals surface area contributed by atoms with Gasteiger partial charge < -0.3 is 14.8 Å². The van der Waals surface area contributed by atoms with Crippen molar-refractivity contribution in [3.8, 4) is 23.3 Å². The van der Waals surface area contributed by atoms with Crippen LogP contribution in [0.25, 0.3) is 6.08 Å². The van der Waals surface area contributed by atoms with Crippen LogP contribution in [0.2, 0.25) is 0 Å². The van der Waals surface area contributed by atoms with E-state index in [-0.39, 0.29) is 22.8 Å². The predicted octanol–water partition coefficient (Wildman–Crippen LogP) is 6.17. The van der Waals surface area contributed by atoms with Crippen LogP contribution >= 0.6 is 15.9 Å². The number of amides is 1. The molecule has 3 aromatic rings. The molecule has 0 bridgehead atoms. The molecule has 0 atom stereocenters. The van der Waals surface area contributed by atoms with Gasteiger partial charge in [-0.3, -0.25) is 25.0 Å². The molecular formula is C25H19BrN4O7. The molecule has 0 aliphatic carbocycles. The number of nitro groups is 2. The molecule has 3 aromatic carbocycles. The first-order valence-corrected chi connectivity index (χ1v) is 11.5. The number of carbonyl (C=O) groups excluding carboxylic acids is 1. The van der Waals surface area contributed by atoms with Crippen LogP contribution in [0.15, 0.2) is 64.6 Å². The van der Waals surface area contributed by atoms with Gasteiger partial charge in [-0.05, 0) is 69.9 Å². The van der Waals surface area contributed by atoms with E-state index in [1.807, 2.05) is 25.1 Å². The summed E-state index contributed by atoms with van der Waals surface area (Å²) in [6.45, 7) is 2.01. The van der Waals surface area contributed by atoms with Crippen LogP contribution in [0.4, 0.5) is 17.1 Å². The molecule has 0 saturated carbocycles. The van der Waals surface area contributed by atoms with Crippen molar-refractivity contribution in [2.45, 2.75) is 13.3 Å². The molecule has 188 valence electrons. The van der Waals surface area contributed by atoms with Crippen LogP contribution in [0.1, 0.15) is 18.1 Å². The van der Waals surface area contributed by atoms with Crippen LogP contribution in [0, 0.1) is 31.6 Å². The summed E-state index contributed by atoms with van der Waals surface area (Å²) in [7, 11) is 1.34. The summed E-state index contributed by atoms with van der Waals surface area (Å²) in [4.78, 5) is 33.5. The number of benzene rings is 3. The second-order valence-corrected chi connectivity index (χ2v) is 8.33. The highest BCUT2D eigenvalue weighted by Crippen LogP contribution is 2.43. The Morgan fingerprint density at radius 3 is 2.35 bits per heavy atom. The average Bonchev–Trinajstić information content (AvgIpc) is 2.88. The third-order valence-corrected chi connectivity index (χ3v) is 5.70. The molecule has 37 heavy (non-hydrogen) atoms. The normalized spacial score (nSPS) is 10.8. The van der Waals surface area contributed by atoms with Crippen molar-refractivity contribution in [2.75, 3.05) is 12.4 Å². The lowest BCUT2D eigenvalue weighted by Crippen LogP contribution is -2.13. The summed E-state index contributed by atoms with van der Waals surface area (Å²) in [6.07, 6.45) is 2.20. The van der Waals surface area contributed by atoms with E-state index in [2.05, 4.69) is 21.2 Å². The number of non-ortho nitro benzene ring substituents is 1. The van der Waals surface area contributed by atoms with Crippen LogP contribution in [-0.2, 0) is 11.2 Å². The van der Waals surface area contributed by atoms with Crippen LogP contribution in [-0.4, -0.2) is 22.9 Å². The Kier molecular flexibility index (Phi) is 8.55. The fraction of sp³-hybridized carbons (Fsp3) is 0.120. The van der Waals surface area contributed by atoms with Crippen LogP contribution < -0.4 is 14.8 Å². The highest BCUT2D eigenvalue weighted by atomic mass is 79.9. The Morgan fingerprint density at radius 1 is 1.08 bits per heavy atom. The molecule has 0 spiro atoms. The van der Waals surface area contributed by atoms with E-state index in [4.69, 9.17) is 9.47 Å². The molecular weight excluding hydrogens is 548 g/mol. The molecule has 0 radical (unpaired) electrons.